The van der Waals surface area contributed by atoms with Gasteiger partial charge in [0.1, 0.15) is 0 Å². The molecule has 0 rings (SSSR count). The van der Waals surface area contributed by atoms with E-state index in [-0.39, 0.29) is 60.5 Å². The zero-order chi connectivity index (χ0) is 13.6. The molecule has 0 aliphatic rings. The Morgan fingerprint density at radius 1 is 0.842 bits per heavy atom. The molecule has 0 radical (unpaired) electrons. The molecule has 0 bridgehead atoms. The van der Waals surface area contributed by atoms with Crippen LogP contribution in [0.3, 0.4) is 0 Å². The normalized spacial score (nSPS) is 9.74. The van der Waals surface area contributed by atoms with Gasteiger partial charge in [0, 0.05) is 0 Å². The maximum Gasteiger partial charge on any atom is 1.00 e. The van der Waals surface area contributed by atoms with Crippen LogP contribution in [0.4, 0.5) is 0 Å². The minimum Gasteiger partial charge on any atom is -1.00 e. The van der Waals surface area contributed by atoms with Crippen LogP contribution in [-0.4, -0.2) is 14.7 Å². The Bertz CT molecular complexity index is 176. The maximum atomic E-state index is 8.88. The summed E-state index contributed by atoms with van der Waals surface area (Å²) in [6.07, 6.45) is 13.9. The molecule has 19 heavy (non-hydrogen) atoms. The fourth-order valence-corrected chi connectivity index (χ4v) is 1.49. The third-order valence-corrected chi connectivity index (χ3v) is 2.35. The quantitative estimate of drug-likeness (QED) is 0.198. The van der Waals surface area contributed by atoms with E-state index in [1.54, 1.807) is 0 Å². The molecule has 0 saturated heterocycles. The molecule has 4 nitrogen and oxygen atoms in total. The van der Waals surface area contributed by atoms with Gasteiger partial charge in [-0.15, -0.1) is 0 Å². The van der Waals surface area contributed by atoms with E-state index in [1.165, 1.54) is 57.8 Å². The Kier molecular flexibility index (Phi) is 34.4. The summed E-state index contributed by atoms with van der Waals surface area (Å²) in [5.74, 6) is 0. The van der Waals surface area contributed by atoms with Crippen molar-refractivity contribution in [1.29, 1.82) is 0 Å². The molecular formula is C12H29Na2O4P. The molecule has 0 atom stereocenters. The van der Waals surface area contributed by atoms with Gasteiger partial charge in [-0.05, 0) is 0 Å². The number of rotatable bonds is 9. The Morgan fingerprint density at radius 2 is 1.11 bits per heavy atom. The zero-order valence-corrected chi connectivity index (χ0v) is 17.9. The zero-order valence-electron chi connectivity index (χ0n) is 14.0. The molecule has 0 aromatic carbocycles. The fraction of sp³-hybridized carbons (Fsp3) is 0.917. The first kappa shape index (κ1) is 29.2. The summed E-state index contributed by atoms with van der Waals surface area (Å²) in [6, 6.07) is 0. The molecule has 0 fully saturated rings. The molecule has 0 aliphatic carbocycles. The summed E-state index contributed by atoms with van der Waals surface area (Å²) < 4.78 is 8.88. The van der Waals surface area contributed by atoms with Gasteiger partial charge in [-0.1, -0.05) is 64.7 Å². The van der Waals surface area contributed by atoms with Crippen molar-refractivity contribution in [3.05, 3.63) is 6.92 Å². The van der Waals surface area contributed by atoms with Gasteiger partial charge in [-0.2, -0.15) is 6.42 Å². The van der Waals surface area contributed by atoms with Crippen LogP contribution < -0.4 is 59.1 Å². The van der Waals surface area contributed by atoms with Crippen LogP contribution in [0, 0.1) is 6.92 Å². The van der Waals surface area contributed by atoms with E-state index in [0.717, 1.165) is 6.42 Å². The predicted molar refractivity (Wildman–Crippen MR) is 72.6 cm³/mol. The Balaban J connectivity index is -0.0000000821. The second-order valence-electron chi connectivity index (χ2n) is 4.20. The summed E-state index contributed by atoms with van der Waals surface area (Å²) in [7, 11) is -4.64. The van der Waals surface area contributed by atoms with E-state index < -0.39 is 7.82 Å². The third-order valence-electron chi connectivity index (χ3n) is 2.35. The van der Waals surface area contributed by atoms with Crippen molar-refractivity contribution in [2.45, 2.75) is 71.1 Å². The minimum absolute atomic E-state index is 0. The maximum absolute atomic E-state index is 8.88. The van der Waals surface area contributed by atoms with Gasteiger partial charge < -0.3 is 23.0 Å². The Morgan fingerprint density at radius 3 is 1.37 bits per heavy atom. The van der Waals surface area contributed by atoms with E-state index >= 15 is 0 Å². The van der Waals surface area contributed by atoms with Crippen molar-refractivity contribution in [2.24, 2.45) is 0 Å². The van der Waals surface area contributed by atoms with Crippen molar-refractivity contribution in [2.75, 3.05) is 0 Å². The van der Waals surface area contributed by atoms with Crippen molar-refractivity contribution in [3.63, 3.8) is 0 Å². The SMILES string of the molecule is O=P(O)(O)O.[CH2-]CCCCCCCCCCC.[H-].[Na+].[Na+]. The van der Waals surface area contributed by atoms with Crippen LogP contribution in [0.15, 0.2) is 0 Å². The largest absolute Gasteiger partial charge is 1.00 e. The molecular weight excluding hydrogens is 285 g/mol. The number of unbranched alkanes of at least 4 members (excludes halogenated alkanes) is 9. The summed E-state index contributed by atoms with van der Waals surface area (Å²) >= 11 is 0. The number of hydrogen-bond acceptors (Lipinski definition) is 1. The van der Waals surface area contributed by atoms with Crippen molar-refractivity contribution < 1.29 is 79.8 Å². The van der Waals surface area contributed by atoms with Crippen LogP contribution in [0.5, 0.6) is 0 Å². The van der Waals surface area contributed by atoms with E-state index in [0.29, 0.717) is 0 Å². The summed E-state index contributed by atoms with van der Waals surface area (Å²) in [6.45, 7) is 6.12. The Hall–Kier alpha value is 2.11. The van der Waals surface area contributed by atoms with E-state index in [2.05, 4.69) is 13.8 Å². The smallest absolute Gasteiger partial charge is 1.00 e. The second-order valence-corrected chi connectivity index (χ2v) is 5.22. The molecule has 0 aliphatic heterocycles. The topological polar surface area (TPSA) is 77.8 Å². The molecule has 3 N–H and O–H groups in total. The molecule has 0 aromatic heterocycles. The van der Waals surface area contributed by atoms with Crippen LogP contribution in [-0.2, 0) is 4.57 Å². The van der Waals surface area contributed by atoms with E-state index in [4.69, 9.17) is 19.2 Å². The number of phosphoric acid groups is 1. The summed E-state index contributed by atoms with van der Waals surface area (Å²) in [4.78, 5) is 21.6. The third kappa shape index (κ3) is 53.4. The average Bonchev–Trinajstić information content (AvgIpc) is 2.20. The van der Waals surface area contributed by atoms with Crippen molar-refractivity contribution in [3.8, 4) is 0 Å². The van der Waals surface area contributed by atoms with E-state index in [1.807, 2.05) is 0 Å². The fourth-order valence-electron chi connectivity index (χ4n) is 1.49. The van der Waals surface area contributed by atoms with Crippen LogP contribution in [0.1, 0.15) is 72.6 Å². The van der Waals surface area contributed by atoms with Gasteiger partial charge in [0.25, 0.3) is 0 Å². The molecule has 0 heterocycles. The second kappa shape index (κ2) is 22.4. The van der Waals surface area contributed by atoms with Gasteiger partial charge in [-0.3, -0.25) is 0 Å². The Labute approximate surface area is 164 Å². The van der Waals surface area contributed by atoms with Crippen LogP contribution in [0.25, 0.3) is 0 Å². The van der Waals surface area contributed by atoms with Crippen LogP contribution in [0.2, 0.25) is 0 Å². The molecule has 0 aromatic rings. The monoisotopic (exact) mass is 314 g/mol. The first-order valence-electron chi connectivity index (χ1n) is 6.49. The first-order valence-corrected chi connectivity index (χ1v) is 8.05. The van der Waals surface area contributed by atoms with E-state index in [9.17, 15) is 0 Å². The summed E-state index contributed by atoms with van der Waals surface area (Å²) in [5.41, 5.74) is 0. The van der Waals surface area contributed by atoms with Gasteiger partial charge in [0.2, 0.25) is 0 Å². The first-order chi connectivity index (χ1) is 7.91. The van der Waals surface area contributed by atoms with Gasteiger partial charge in [-0.25, -0.2) is 4.57 Å². The number of hydrogen-bond donors (Lipinski definition) is 3. The van der Waals surface area contributed by atoms with Gasteiger partial charge in [0.05, 0.1) is 0 Å². The van der Waals surface area contributed by atoms with Crippen LogP contribution >= 0.6 is 7.82 Å². The van der Waals surface area contributed by atoms with Gasteiger partial charge in [0.15, 0.2) is 0 Å². The molecule has 7 heteroatoms. The molecule has 0 unspecified atom stereocenters. The minimum atomic E-state index is -4.64. The molecule has 0 amide bonds. The predicted octanol–water partition coefficient (Wildman–Crippen LogP) is -2.07. The van der Waals surface area contributed by atoms with Crippen molar-refractivity contribution >= 4 is 7.82 Å². The summed E-state index contributed by atoms with van der Waals surface area (Å²) in [5, 5.41) is 0. The standard InChI is InChI=1S/C12H25.2Na.H3O4P.H/c1-3-5-7-9-11-12-10-8-6-4-2;;;1-5(2,3)4;/h1,3-12H2,2H3;;;(H3,1,2,3,4);/q-1;2*+1;;-1. The van der Waals surface area contributed by atoms with Gasteiger partial charge >= 0.3 is 66.9 Å². The van der Waals surface area contributed by atoms with Crippen molar-refractivity contribution in [1.82, 2.24) is 0 Å². The average molecular weight is 314 g/mol. The molecule has 0 spiro atoms. The molecule has 0 saturated carbocycles. The molecule has 108 valence electrons.